The van der Waals surface area contributed by atoms with Crippen LogP contribution in [0, 0.1) is 13.8 Å². The number of aromatic nitrogens is 1. The topological polar surface area (TPSA) is 37.6 Å². The lowest BCUT2D eigenvalue weighted by molar-refractivity contribution is 1.24. The molecule has 0 amide bonds. The molecule has 6 aromatic rings. The van der Waals surface area contributed by atoms with Crippen LogP contribution in [0.15, 0.2) is 156 Å². The van der Waals surface area contributed by atoms with E-state index in [2.05, 4.69) is 61.5 Å². The maximum absolute atomic E-state index is 6.63. The molecule has 0 aliphatic heterocycles. The van der Waals surface area contributed by atoms with Crippen molar-refractivity contribution in [2.45, 2.75) is 13.8 Å². The lowest BCUT2D eigenvalue weighted by atomic mass is 9.99. The van der Waals surface area contributed by atoms with Gasteiger partial charge in [0.15, 0.2) is 0 Å². The van der Waals surface area contributed by atoms with Crippen molar-refractivity contribution in [1.82, 2.24) is 4.98 Å². The summed E-state index contributed by atoms with van der Waals surface area (Å²) in [5.41, 5.74) is 10.9. The van der Waals surface area contributed by atoms with Gasteiger partial charge in [0.2, 0.25) is 0 Å². The molecule has 0 unspecified atom stereocenters. The molecular formula is C39H30ClN3. The number of nitrogens with zero attached hydrogens (tertiary/aromatic N) is 3. The van der Waals surface area contributed by atoms with Crippen molar-refractivity contribution in [1.29, 1.82) is 0 Å². The summed E-state index contributed by atoms with van der Waals surface area (Å²) < 4.78 is 0. The molecule has 0 spiro atoms. The van der Waals surface area contributed by atoms with Crippen LogP contribution in [0.3, 0.4) is 0 Å². The average molecular weight is 576 g/mol. The first kappa shape index (κ1) is 28.0. The van der Waals surface area contributed by atoms with Crippen LogP contribution in [-0.4, -0.2) is 16.4 Å². The van der Waals surface area contributed by atoms with Gasteiger partial charge in [-0.15, -0.1) is 0 Å². The van der Waals surface area contributed by atoms with Crippen LogP contribution in [0.1, 0.15) is 33.6 Å². The van der Waals surface area contributed by atoms with Crippen molar-refractivity contribution < 1.29 is 0 Å². The standard InChI is InChI=1S/C39H30ClN3/c1-27-15-12-23-32(29-17-6-3-7-18-29)36(27)42-38(30-19-8-4-9-20-30)34-25-14-26-35(41-34)39(31-21-10-5-11-22-31)43-37-28(2)16-13-24-33(37)40/h3-26H,1-2H3/b42-38+,43-39+. The third kappa shape index (κ3) is 6.23. The second-order valence-electron chi connectivity index (χ2n) is 10.3. The fourth-order valence-electron chi connectivity index (χ4n) is 5.08. The molecule has 0 saturated carbocycles. The molecule has 0 atom stereocenters. The molecule has 208 valence electrons. The molecule has 1 aromatic heterocycles. The zero-order valence-corrected chi connectivity index (χ0v) is 24.8. The molecule has 0 aliphatic rings. The van der Waals surface area contributed by atoms with Crippen molar-refractivity contribution in [2.75, 3.05) is 0 Å². The van der Waals surface area contributed by atoms with Crippen LogP contribution < -0.4 is 0 Å². The minimum Gasteiger partial charge on any atom is -0.245 e. The second kappa shape index (κ2) is 12.8. The Morgan fingerprint density at radius 3 is 1.51 bits per heavy atom. The number of pyridine rings is 1. The van der Waals surface area contributed by atoms with Gasteiger partial charge in [0.1, 0.15) is 0 Å². The smallest absolute Gasteiger partial charge is 0.0966 e. The van der Waals surface area contributed by atoms with Crippen molar-refractivity contribution in [3.63, 3.8) is 0 Å². The van der Waals surface area contributed by atoms with Crippen LogP contribution in [-0.2, 0) is 0 Å². The molecule has 0 fully saturated rings. The highest BCUT2D eigenvalue weighted by molar-refractivity contribution is 6.33. The SMILES string of the molecule is Cc1cccc(Cl)c1/N=C(\c1ccccc1)c1cccc(/C(=N/c2c(C)cccc2-c2ccccc2)c2ccccc2)n1. The summed E-state index contributed by atoms with van der Waals surface area (Å²) in [5, 5.41) is 0.601. The summed E-state index contributed by atoms with van der Waals surface area (Å²) in [7, 11) is 0. The van der Waals surface area contributed by atoms with E-state index in [1.807, 2.05) is 97.9 Å². The highest BCUT2D eigenvalue weighted by Gasteiger charge is 2.17. The fourth-order valence-corrected chi connectivity index (χ4v) is 5.34. The molecule has 5 aromatic carbocycles. The molecule has 0 N–H and O–H groups in total. The number of rotatable bonds is 7. The number of benzene rings is 5. The van der Waals surface area contributed by atoms with Crippen LogP contribution >= 0.6 is 11.6 Å². The van der Waals surface area contributed by atoms with Crippen LogP contribution in [0.4, 0.5) is 11.4 Å². The van der Waals surface area contributed by atoms with Gasteiger partial charge in [-0.1, -0.05) is 139 Å². The van der Waals surface area contributed by atoms with Crippen LogP contribution in [0.5, 0.6) is 0 Å². The molecule has 3 nitrogen and oxygen atoms in total. The Morgan fingerprint density at radius 1 is 0.488 bits per heavy atom. The minimum atomic E-state index is 0.601. The van der Waals surface area contributed by atoms with Crippen LogP contribution in [0.25, 0.3) is 11.1 Å². The quantitative estimate of drug-likeness (QED) is 0.174. The van der Waals surface area contributed by atoms with Crippen molar-refractivity contribution in [3.05, 3.63) is 184 Å². The number of aryl methyl sites for hydroxylation is 2. The lowest BCUT2D eigenvalue weighted by Gasteiger charge is -2.14. The van der Waals surface area contributed by atoms with E-state index in [-0.39, 0.29) is 0 Å². The van der Waals surface area contributed by atoms with Gasteiger partial charge in [0.25, 0.3) is 0 Å². The Kier molecular flexibility index (Phi) is 8.35. The van der Waals surface area contributed by atoms with E-state index < -0.39 is 0 Å². The van der Waals surface area contributed by atoms with Crippen molar-refractivity contribution >= 4 is 34.4 Å². The van der Waals surface area contributed by atoms with E-state index >= 15 is 0 Å². The zero-order valence-electron chi connectivity index (χ0n) is 24.1. The Balaban J connectivity index is 1.56. The largest absolute Gasteiger partial charge is 0.245 e. The summed E-state index contributed by atoms with van der Waals surface area (Å²) in [4.78, 5) is 15.7. The molecule has 1 heterocycles. The molecule has 6 rings (SSSR count). The fraction of sp³-hybridized carbons (Fsp3) is 0.0513. The maximum Gasteiger partial charge on any atom is 0.0966 e. The number of hydrogen-bond acceptors (Lipinski definition) is 3. The predicted octanol–water partition coefficient (Wildman–Crippen LogP) is 10.4. The summed E-state index contributed by atoms with van der Waals surface area (Å²) in [5.74, 6) is 0. The molecule has 0 radical (unpaired) electrons. The number of halogens is 1. The van der Waals surface area contributed by atoms with Gasteiger partial charge in [0, 0.05) is 16.7 Å². The van der Waals surface area contributed by atoms with Crippen molar-refractivity contribution in [3.8, 4) is 11.1 Å². The third-order valence-corrected chi connectivity index (χ3v) is 7.59. The molecule has 0 aliphatic carbocycles. The van der Waals surface area contributed by atoms with Gasteiger partial charge in [-0.05, 0) is 48.7 Å². The van der Waals surface area contributed by atoms with Crippen LogP contribution in [0.2, 0.25) is 5.02 Å². The van der Waals surface area contributed by atoms with E-state index in [4.69, 9.17) is 26.6 Å². The minimum absolute atomic E-state index is 0.601. The van der Waals surface area contributed by atoms with E-state index in [1.54, 1.807) is 0 Å². The number of aliphatic imine (C=N–C) groups is 2. The second-order valence-corrected chi connectivity index (χ2v) is 10.7. The number of hydrogen-bond donors (Lipinski definition) is 0. The molecule has 43 heavy (non-hydrogen) atoms. The summed E-state index contributed by atoms with van der Waals surface area (Å²) in [6.45, 7) is 4.12. The lowest BCUT2D eigenvalue weighted by Crippen LogP contribution is -2.12. The van der Waals surface area contributed by atoms with E-state index in [1.165, 1.54) is 0 Å². The Morgan fingerprint density at radius 2 is 0.953 bits per heavy atom. The Hall–Kier alpha value is -5.12. The first-order chi connectivity index (χ1) is 21.1. The first-order valence-corrected chi connectivity index (χ1v) is 14.6. The predicted molar refractivity (Wildman–Crippen MR) is 181 cm³/mol. The normalized spacial score (nSPS) is 11.9. The zero-order chi connectivity index (χ0) is 29.6. The highest BCUT2D eigenvalue weighted by Crippen LogP contribution is 2.35. The summed E-state index contributed by atoms with van der Waals surface area (Å²) in [6.07, 6.45) is 0. The van der Waals surface area contributed by atoms with Crippen molar-refractivity contribution in [2.24, 2.45) is 9.98 Å². The molecule has 4 heteroatoms. The average Bonchev–Trinajstić information content (AvgIpc) is 3.05. The first-order valence-electron chi connectivity index (χ1n) is 14.2. The number of para-hydroxylation sites is 2. The summed E-state index contributed by atoms with van der Waals surface area (Å²) in [6, 6.07) is 48.9. The van der Waals surface area contributed by atoms with Gasteiger partial charge in [0.05, 0.1) is 39.2 Å². The van der Waals surface area contributed by atoms with E-state index in [0.717, 1.165) is 67.6 Å². The van der Waals surface area contributed by atoms with Gasteiger partial charge < -0.3 is 0 Å². The van der Waals surface area contributed by atoms with Gasteiger partial charge in [-0.2, -0.15) is 0 Å². The highest BCUT2D eigenvalue weighted by atomic mass is 35.5. The third-order valence-electron chi connectivity index (χ3n) is 7.29. The van der Waals surface area contributed by atoms with Gasteiger partial charge in [-0.3, -0.25) is 0 Å². The maximum atomic E-state index is 6.63. The Bertz CT molecular complexity index is 1910. The molecule has 0 bridgehead atoms. The molecular weight excluding hydrogens is 546 g/mol. The van der Waals surface area contributed by atoms with Gasteiger partial charge >= 0.3 is 0 Å². The van der Waals surface area contributed by atoms with E-state index in [9.17, 15) is 0 Å². The molecule has 0 saturated heterocycles. The van der Waals surface area contributed by atoms with E-state index in [0.29, 0.717) is 5.02 Å². The monoisotopic (exact) mass is 575 g/mol. The Labute approximate surface area is 257 Å². The van der Waals surface area contributed by atoms with Gasteiger partial charge in [-0.25, -0.2) is 15.0 Å². The summed E-state index contributed by atoms with van der Waals surface area (Å²) >= 11 is 6.63.